The van der Waals surface area contributed by atoms with Gasteiger partial charge in [0.2, 0.25) is 0 Å². The molecule has 1 saturated heterocycles. The fraction of sp³-hybridized carbons (Fsp3) is 0.533. The molecule has 0 bridgehead atoms. The Morgan fingerprint density at radius 2 is 2.30 bits per heavy atom. The average Bonchev–Trinajstić information content (AvgIpc) is 2.46. The van der Waals surface area contributed by atoms with Gasteiger partial charge in [-0.3, -0.25) is 0 Å². The van der Waals surface area contributed by atoms with E-state index in [1.165, 1.54) is 12.1 Å². The number of amides is 2. The maximum Gasteiger partial charge on any atom is 0.321 e. The number of nitrogens with zero attached hydrogens (tertiary/aromatic N) is 1. The molecule has 0 aromatic heterocycles. The lowest BCUT2D eigenvalue weighted by Gasteiger charge is -2.38. The van der Waals surface area contributed by atoms with Crippen LogP contribution in [0.1, 0.15) is 19.8 Å². The molecule has 0 radical (unpaired) electrons. The van der Waals surface area contributed by atoms with E-state index < -0.39 is 0 Å². The largest absolute Gasteiger partial charge is 0.324 e. The molecule has 2 amide bonds. The Balaban J connectivity index is 1.96. The molecule has 110 valence electrons. The zero-order chi connectivity index (χ0) is 14.5. The number of urea groups is 1. The molecule has 2 N–H and O–H groups in total. The first kappa shape index (κ1) is 14.8. The van der Waals surface area contributed by atoms with Crippen molar-refractivity contribution in [2.24, 2.45) is 5.92 Å². The number of carbonyl (C=O) groups excluding carboxylic acids is 1. The van der Waals surface area contributed by atoms with Gasteiger partial charge in [-0.05, 0) is 37.6 Å². The van der Waals surface area contributed by atoms with Crippen molar-refractivity contribution in [1.82, 2.24) is 10.2 Å². The lowest BCUT2D eigenvalue weighted by molar-refractivity contribution is 0.154. The van der Waals surface area contributed by atoms with Gasteiger partial charge in [0.05, 0.1) is 0 Å². The SMILES string of the molecule is CCC1CN(C(=O)Nc2cccc(F)c2)CCC1NC. The maximum atomic E-state index is 13.1. The highest BCUT2D eigenvalue weighted by Gasteiger charge is 2.29. The van der Waals surface area contributed by atoms with Crippen LogP contribution in [-0.2, 0) is 0 Å². The van der Waals surface area contributed by atoms with E-state index in [-0.39, 0.29) is 11.8 Å². The summed E-state index contributed by atoms with van der Waals surface area (Å²) in [6, 6.07) is 6.30. The van der Waals surface area contributed by atoms with Gasteiger partial charge < -0.3 is 15.5 Å². The van der Waals surface area contributed by atoms with Gasteiger partial charge in [-0.1, -0.05) is 19.4 Å². The monoisotopic (exact) mass is 279 g/mol. The van der Waals surface area contributed by atoms with Crippen molar-refractivity contribution in [1.29, 1.82) is 0 Å². The minimum absolute atomic E-state index is 0.149. The summed E-state index contributed by atoms with van der Waals surface area (Å²) in [5.41, 5.74) is 0.499. The van der Waals surface area contributed by atoms with Gasteiger partial charge in [-0.15, -0.1) is 0 Å². The van der Waals surface area contributed by atoms with Crippen LogP contribution in [0.25, 0.3) is 0 Å². The van der Waals surface area contributed by atoms with Crippen molar-refractivity contribution < 1.29 is 9.18 Å². The lowest BCUT2D eigenvalue weighted by Crippen LogP contribution is -2.51. The van der Waals surface area contributed by atoms with E-state index in [0.717, 1.165) is 25.9 Å². The summed E-state index contributed by atoms with van der Waals surface area (Å²) in [5.74, 6) is 0.120. The third-order valence-corrected chi connectivity index (χ3v) is 3.99. The van der Waals surface area contributed by atoms with Crippen molar-refractivity contribution in [2.45, 2.75) is 25.8 Å². The highest BCUT2D eigenvalue weighted by molar-refractivity contribution is 5.89. The summed E-state index contributed by atoms with van der Waals surface area (Å²) in [6.45, 7) is 3.61. The Morgan fingerprint density at radius 1 is 1.50 bits per heavy atom. The van der Waals surface area contributed by atoms with Gasteiger partial charge >= 0.3 is 6.03 Å². The Morgan fingerprint density at radius 3 is 2.95 bits per heavy atom. The molecule has 0 saturated carbocycles. The summed E-state index contributed by atoms with van der Waals surface area (Å²) in [7, 11) is 1.97. The number of halogens is 1. The van der Waals surface area contributed by atoms with Gasteiger partial charge in [-0.25, -0.2) is 9.18 Å². The molecule has 2 unspecified atom stereocenters. The Bertz CT molecular complexity index is 466. The molecular weight excluding hydrogens is 257 g/mol. The van der Waals surface area contributed by atoms with Crippen molar-refractivity contribution >= 4 is 11.7 Å². The number of piperidine rings is 1. The Labute approximate surface area is 119 Å². The number of nitrogens with one attached hydrogen (secondary N) is 2. The molecule has 0 aliphatic carbocycles. The van der Waals surface area contributed by atoms with Gasteiger partial charge in [0, 0.05) is 24.8 Å². The van der Waals surface area contributed by atoms with Gasteiger partial charge in [-0.2, -0.15) is 0 Å². The van der Waals surface area contributed by atoms with Crippen LogP contribution in [0.2, 0.25) is 0 Å². The summed E-state index contributed by atoms with van der Waals surface area (Å²) in [6.07, 6.45) is 1.99. The third-order valence-electron chi connectivity index (χ3n) is 3.99. The average molecular weight is 279 g/mol. The van der Waals surface area contributed by atoms with E-state index in [0.29, 0.717) is 17.6 Å². The smallest absolute Gasteiger partial charge is 0.321 e. The van der Waals surface area contributed by atoms with Gasteiger partial charge in [0.1, 0.15) is 5.82 Å². The minimum Gasteiger partial charge on any atom is -0.324 e. The van der Waals surface area contributed by atoms with E-state index in [1.807, 2.05) is 11.9 Å². The molecule has 1 fully saturated rings. The van der Waals surface area contributed by atoms with E-state index in [9.17, 15) is 9.18 Å². The normalized spacial score (nSPS) is 22.6. The third kappa shape index (κ3) is 3.48. The first-order valence-electron chi connectivity index (χ1n) is 7.12. The second kappa shape index (κ2) is 6.70. The molecule has 1 heterocycles. The van der Waals surface area contributed by atoms with Crippen LogP contribution in [0.5, 0.6) is 0 Å². The summed E-state index contributed by atoms with van der Waals surface area (Å²) in [5, 5.41) is 6.07. The van der Waals surface area contributed by atoms with E-state index in [4.69, 9.17) is 0 Å². The van der Waals surface area contributed by atoms with Crippen LogP contribution in [-0.4, -0.2) is 37.1 Å². The predicted molar refractivity (Wildman–Crippen MR) is 78.2 cm³/mol. The van der Waals surface area contributed by atoms with Crippen LogP contribution in [0.15, 0.2) is 24.3 Å². The van der Waals surface area contributed by atoms with Crippen molar-refractivity contribution in [3.05, 3.63) is 30.1 Å². The molecular formula is C15H22FN3O. The van der Waals surface area contributed by atoms with Crippen molar-refractivity contribution in [3.8, 4) is 0 Å². The minimum atomic E-state index is -0.344. The van der Waals surface area contributed by atoms with Crippen LogP contribution in [0.4, 0.5) is 14.9 Å². The fourth-order valence-corrected chi connectivity index (χ4v) is 2.78. The quantitative estimate of drug-likeness (QED) is 0.893. The molecule has 2 atom stereocenters. The number of likely N-dealkylation sites (tertiary alicyclic amines) is 1. The molecule has 1 aromatic rings. The van der Waals surface area contributed by atoms with E-state index in [1.54, 1.807) is 12.1 Å². The molecule has 4 nitrogen and oxygen atoms in total. The Kier molecular flexibility index (Phi) is 4.95. The second-order valence-electron chi connectivity index (χ2n) is 5.24. The topological polar surface area (TPSA) is 44.4 Å². The number of anilines is 1. The number of rotatable bonds is 3. The first-order chi connectivity index (χ1) is 9.63. The van der Waals surface area contributed by atoms with Crippen LogP contribution in [0, 0.1) is 11.7 Å². The number of hydrogen-bond acceptors (Lipinski definition) is 2. The molecule has 1 aliphatic rings. The molecule has 1 aromatic carbocycles. The van der Waals surface area contributed by atoms with Gasteiger partial charge in [0.25, 0.3) is 0 Å². The van der Waals surface area contributed by atoms with Crippen LogP contribution in [0.3, 0.4) is 0 Å². The highest BCUT2D eigenvalue weighted by atomic mass is 19.1. The second-order valence-corrected chi connectivity index (χ2v) is 5.24. The van der Waals surface area contributed by atoms with Crippen molar-refractivity contribution in [3.63, 3.8) is 0 Å². The molecule has 2 rings (SSSR count). The zero-order valence-electron chi connectivity index (χ0n) is 12.0. The van der Waals surface area contributed by atoms with Gasteiger partial charge in [0.15, 0.2) is 0 Å². The molecule has 0 spiro atoms. The number of carbonyl (C=O) groups is 1. The molecule has 5 heteroatoms. The van der Waals surface area contributed by atoms with Crippen LogP contribution >= 0.6 is 0 Å². The highest BCUT2D eigenvalue weighted by Crippen LogP contribution is 2.21. The van der Waals surface area contributed by atoms with Crippen molar-refractivity contribution in [2.75, 3.05) is 25.5 Å². The lowest BCUT2D eigenvalue weighted by atomic mass is 9.90. The predicted octanol–water partition coefficient (Wildman–Crippen LogP) is 2.68. The van der Waals surface area contributed by atoms with Crippen LogP contribution < -0.4 is 10.6 Å². The first-order valence-corrected chi connectivity index (χ1v) is 7.12. The van der Waals surface area contributed by atoms with E-state index >= 15 is 0 Å². The molecule has 1 aliphatic heterocycles. The number of hydrogen-bond donors (Lipinski definition) is 2. The fourth-order valence-electron chi connectivity index (χ4n) is 2.78. The Hall–Kier alpha value is -1.62. The standard InChI is InChI=1S/C15H22FN3O/c1-3-11-10-19(8-7-14(11)17-2)15(20)18-13-6-4-5-12(16)9-13/h4-6,9,11,14,17H,3,7-8,10H2,1-2H3,(H,18,20). The zero-order valence-corrected chi connectivity index (χ0v) is 12.0. The summed E-state index contributed by atoms with van der Waals surface area (Å²) >= 11 is 0. The molecule has 20 heavy (non-hydrogen) atoms. The summed E-state index contributed by atoms with van der Waals surface area (Å²) in [4.78, 5) is 14.0. The summed E-state index contributed by atoms with van der Waals surface area (Å²) < 4.78 is 13.1. The maximum absolute atomic E-state index is 13.1. The van der Waals surface area contributed by atoms with E-state index in [2.05, 4.69) is 17.6 Å². The number of benzene rings is 1.